The number of halogens is 1. The zero-order valence-electron chi connectivity index (χ0n) is 12.4. The molecule has 0 fully saturated rings. The number of benzene rings is 1. The van der Waals surface area contributed by atoms with Crippen molar-refractivity contribution in [3.63, 3.8) is 0 Å². The van der Waals surface area contributed by atoms with Crippen LogP contribution in [-0.4, -0.2) is 23.0 Å². The van der Waals surface area contributed by atoms with E-state index in [4.69, 9.17) is 11.6 Å². The van der Waals surface area contributed by atoms with Crippen LogP contribution in [-0.2, 0) is 0 Å². The van der Waals surface area contributed by atoms with E-state index in [2.05, 4.69) is 26.1 Å². The van der Waals surface area contributed by atoms with Crippen LogP contribution in [0.25, 0.3) is 0 Å². The van der Waals surface area contributed by atoms with Crippen LogP contribution in [0.3, 0.4) is 0 Å². The number of amides is 1. The summed E-state index contributed by atoms with van der Waals surface area (Å²) in [5.74, 6) is 0.866. The van der Waals surface area contributed by atoms with Gasteiger partial charge in [0.2, 0.25) is 0 Å². The van der Waals surface area contributed by atoms with Gasteiger partial charge in [-0.2, -0.15) is 0 Å². The lowest BCUT2D eigenvalue weighted by Crippen LogP contribution is -2.25. The zero-order chi connectivity index (χ0) is 15.2. The Morgan fingerprint density at radius 2 is 2.10 bits per heavy atom. The van der Waals surface area contributed by atoms with E-state index in [1.165, 1.54) is 0 Å². The van der Waals surface area contributed by atoms with Gasteiger partial charge in [0.1, 0.15) is 0 Å². The quantitative estimate of drug-likeness (QED) is 0.457. The van der Waals surface area contributed by atoms with Crippen molar-refractivity contribution in [1.82, 2.24) is 5.32 Å². The van der Waals surface area contributed by atoms with E-state index in [9.17, 15) is 4.79 Å². The van der Waals surface area contributed by atoms with Crippen LogP contribution in [0, 0.1) is 0 Å². The molecule has 0 aliphatic carbocycles. The fourth-order valence-corrected chi connectivity index (χ4v) is 3.77. The third-order valence-corrected chi connectivity index (χ3v) is 5.98. The minimum Gasteiger partial charge on any atom is -0.351 e. The predicted octanol–water partition coefficient (Wildman–Crippen LogP) is 4.90. The van der Waals surface area contributed by atoms with E-state index in [0.29, 0.717) is 12.1 Å². The Morgan fingerprint density at radius 3 is 2.70 bits per heavy atom. The fourth-order valence-electron chi connectivity index (χ4n) is 1.45. The summed E-state index contributed by atoms with van der Waals surface area (Å²) in [6, 6.07) is 7.47. The van der Waals surface area contributed by atoms with E-state index in [-0.39, 0.29) is 16.0 Å². The van der Waals surface area contributed by atoms with E-state index in [0.717, 1.165) is 11.3 Å². The molecular formula is C15H22ClNOS2. The Morgan fingerprint density at radius 1 is 1.40 bits per heavy atom. The molecular weight excluding hydrogens is 310 g/mol. The van der Waals surface area contributed by atoms with Gasteiger partial charge in [-0.15, -0.1) is 11.6 Å². The van der Waals surface area contributed by atoms with Crippen LogP contribution in [0.5, 0.6) is 0 Å². The Labute approximate surface area is 134 Å². The van der Waals surface area contributed by atoms with Crippen LogP contribution < -0.4 is 5.32 Å². The molecule has 1 amide bonds. The minimum absolute atomic E-state index is 0.0366. The summed E-state index contributed by atoms with van der Waals surface area (Å²) in [7, 11) is 3.62. The third kappa shape index (κ3) is 6.91. The zero-order valence-corrected chi connectivity index (χ0v) is 14.8. The molecule has 0 radical (unpaired) electrons. The molecule has 1 aromatic carbocycles. The number of carbonyl (C=O) groups excluding carboxylic acids is 1. The molecule has 0 saturated carbocycles. The standard InChI is InChI=1S/C15H22ClNOS2/c1-11(16)12-6-5-7-13(10-12)14(18)17-8-9-19-20-15(2,3)4/h5-7,10-11H,8-9H2,1-4H3,(H,17,18). The molecule has 0 bridgehead atoms. The Kier molecular flexibility index (Phi) is 7.27. The highest BCUT2D eigenvalue weighted by Crippen LogP contribution is 2.34. The van der Waals surface area contributed by atoms with Gasteiger partial charge in [0.15, 0.2) is 0 Å². The predicted molar refractivity (Wildman–Crippen MR) is 92.8 cm³/mol. The van der Waals surface area contributed by atoms with Gasteiger partial charge in [0.05, 0.1) is 5.38 Å². The summed E-state index contributed by atoms with van der Waals surface area (Å²) >= 11 is 6.03. The van der Waals surface area contributed by atoms with Crippen LogP contribution in [0.1, 0.15) is 49.0 Å². The van der Waals surface area contributed by atoms with Crippen molar-refractivity contribution in [2.45, 2.75) is 37.8 Å². The highest BCUT2D eigenvalue weighted by molar-refractivity contribution is 8.77. The highest BCUT2D eigenvalue weighted by atomic mass is 35.5. The molecule has 1 N–H and O–H groups in total. The fraction of sp³-hybridized carbons (Fsp3) is 0.533. The van der Waals surface area contributed by atoms with Gasteiger partial charge in [-0.25, -0.2) is 0 Å². The second-order valence-electron chi connectivity index (χ2n) is 5.52. The van der Waals surface area contributed by atoms with Gasteiger partial charge in [-0.05, 0) is 24.6 Å². The molecule has 1 unspecified atom stereocenters. The maximum absolute atomic E-state index is 12.0. The van der Waals surface area contributed by atoms with Gasteiger partial charge in [-0.3, -0.25) is 4.79 Å². The van der Waals surface area contributed by atoms with Crippen molar-refractivity contribution in [3.05, 3.63) is 35.4 Å². The van der Waals surface area contributed by atoms with Crippen LogP contribution >= 0.6 is 33.2 Å². The van der Waals surface area contributed by atoms with Crippen molar-refractivity contribution >= 4 is 39.1 Å². The van der Waals surface area contributed by atoms with Gasteiger partial charge in [0, 0.05) is 22.6 Å². The molecule has 0 spiro atoms. The first-order valence-electron chi connectivity index (χ1n) is 6.62. The summed E-state index contributed by atoms with van der Waals surface area (Å²) in [6.45, 7) is 9.12. The number of hydrogen-bond donors (Lipinski definition) is 1. The van der Waals surface area contributed by atoms with E-state index in [1.807, 2.05) is 42.0 Å². The number of alkyl halides is 1. The molecule has 112 valence electrons. The molecule has 0 aliphatic rings. The highest BCUT2D eigenvalue weighted by Gasteiger charge is 2.11. The molecule has 0 heterocycles. The number of rotatable bonds is 6. The van der Waals surface area contributed by atoms with Gasteiger partial charge in [-0.1, -0.05) is 54.5 Å². The summed E-state index contributed by atoms with van der Waals surface area (Å²) in [4.78, 5) is 12.0. The molecule has 2 nitrogen and oxygen atoms in total. The van der Waals surface area contributed by atoms with Crippen molar-refractivity contribution in [3.8, 4) is 0 Å². The summed E-state index contributed by atoms with van der Waals surface area (Å²) in [5.41, 5.74) is 1.64. The first-order valence-corrected chi connectivity index (χ1v) is 9.38. The van der Waals surface area contributed by atoms with Crippen molar-refractivity contribution in [2.75, 3.05) is 12.3 Å². The van der Waals surface area contributed by atoms with E-state index >= 15 is 0 Å². The lowest BCUT2D eigenvalue weighted by atomic mass is 10.1. The molecule has 0 saturated heterocycles. The summed E-state index contributed by atoms with van der Waals surface area (Å²) in [6.07, 6.45) is 0. The lowest BCUT2D eigenvalue weighted by molar-refractivity contribution is 0.0956. The second kappa shape index (κ2) is 8.20. The summed E-state index contributed by atoms with van der Waals surface area (Å²) in [5, 5.41) is 2.85. The Balaban J connectivity index is 2.38. The third-order valence-electron chi connectivity index (χ3n) is 2.39. The molecule has 0 aromatic heterocycles. The molecule has 1 aromatic rings. The smallest absolute Gasteiger partial charge is 0.251 e. The normalized spacial score (nSPS) is 13.1. The SMILES string of the molecule is CC(Cl)c1cccc(C(=O)NCCSSC(C)(C)C)c1. The maximum Gasteiger partial charge on any atom is 0.251 e. The molecule has 0 aliphatic heterocycles. The molecule has 1 rings (SSSR count). The molecule has 1 atom stereocenters. The lowest BCUT2D eigenvalue weighted by Gasteiger charge is -2.16. The van der Waals surface area contributed by atoms with Crippen LogP contribution in [0.2, 0.25) is 0 Å². The number of hydrogen-bond acceptors (Lipinski definition) is 3. The van der Waals surface area contributed by atoms with Crippen molar-refractivity contribution in [2.24, 2.45) is 0 Å². The van der Waals surface area contributed by atoms with Crippen LogP contribution in [0.15, 0.2) is 24.3 Å². The van der Waals surface area contributed by atoms with Crippen LogP contribution in [0.4, 0.5) is 0 Å². The first-order chi connectivity index (χ1) is 9.29. The first kappa shape index (κ1) is 17.7. The van der Waals surface area contributed by atoms with Crippen molar-refractivity contribution in [1.29, 1.82) is 0 Å². The Hall–Kier alpha value is -0.320. The monoisotopic (exact) mass is 331 g/mol. The summed E-state index contributed by atoms with van der Waals surface area (Å²) < 4.78 is 0.249. The van der Waals surface area contributed by atoms with Gasteiger partial charge in [0.25, 0.3) is 5.91 Å². The molecule has 5 heteroatoms. The number of carbonyl (C=O) groups is 1. The topological polar surface area (TPSA) is 29.1 Å². The average molecular weight is 332 g/mol. The van der Waals surface area contributed by atoms with Crippen molar-refractivity contribution < 1.29 is 4.79 Å². The second-order valence-corrected chi connectivity index (χ2v) is 9.41. The van der Waals surface area contributed by atoms with Gasteiger partial charge >= 0.3 is 0 Å². The molecule has 20 heavy (non-hydrogen) atoms. The Bertz CT molecular complexity index is 444. The van der Waals surface area contributed by atoms with Gasteiger partial charge < -0.3 is 5.32 Å². The maximum atomic E-state index is 12.0. The van der Waals surface area contributed by atoms with E-state index in [1.54, 1.807) is 10.8 Å². The van der Waals surface area contributed by atoms with E-state index < -0.39 is 0 Å². The largest absolute Gasteiger partial charge is 0.351 e. The average Bonchev–Trinajstić information content (AvgIpc) is 2.37. The minimum atomic E-state index is -0.0820. The number of nitrogens with one attached hydrogen (secondary N) is 1.